The first-order valence-electron chi connectivity index (χ1n) is 5.10. The molecule has 0 saturated heterocycles. The third-order valence-corrected chi connectivity index (χ3v) is 2.12. The van der Waals surface area contributed by atoms with Crippen LogP contribution < -0.4 is 0 Å². The van der Waals surface area contributed by atoms with Gasteiger partial charge in [0.15, 0.2) is 11.6 Å². The third kappa shape index (κ3) is 2.01. The molecule has 85 valence electrons. The maximum atomic E-state index is 4.25. The van der Waals surface area contributed by atoms with Crippen molar-refractivity contribution in [1.29, 1.82) is 0 Å². The summed E-state index contributed by atoms with van der Waals surface area (Å²) in [5, 5.41) is 7.70. The van der Waals surface area contributed by atoms with E-state index in [9.17, 15) is 0 Å². The minimum atomic E-state index is 0.402. The molecule has 0 bridgehead atoms. The fourth-order valence-corrected chi connectivity index (χ4v) is 1.33. The number of hydrogen-bond donors (Lipinski definition) is 0. The summed E-state index contributed by atoms with van der Waals surface area (Å²) in [6, 6.07) is 3.52. The van der Waals surface area contributed by atoms with E-state index in [2.05, 4.69) is 41.4 Å². The van der Waals surface area contributed by atoms with Crippen LogP contribution in [0.3, 0.4) is 0 Å². The molecule has 7 heteroatoms. The maximum absolute atomic E-state index is 4.25. The van der Waals surface area contributed by atoms with Crippen LogP contribution in [-0.4, -0.2) is 35.1 Å². The largest absolute Gasteiger partial charge is 0.261 e. The normalized spacial score (nSPS) is 10.2. The van der Waals surface area contributed by atoms with Crippen LogP contribution in [0.4, 0.5) is 0 Å². The molecule has 0 N–H and O–H groups in total. The first-order valence-corrected chi connectivity index (χ1v) is 5.10. The zero-order valence-electron chi connectivity index (χ0n) is 9.09. The van der Waals surface area contributed by atoms with E-state index >= 15 is 0 Å². The summed E-state index contributed by atoms with van der Waals surface area (Å²) in [5.41, 5.74) is 1.11. The highest BCUT2D eigenvalue weighted by Gasteiger charge is 2.08. The maximum Gasteiger partial charge on any atom is 0.202 e. The lowest BCUT2D eigenvalue weighted by Crippen LogP contribution is -1.98. The van der Waals surface area contributed by atoms with Gasteiger partial charge in [0.25, 0.3) is 0 Å². The van der Waals surface area contributed by atoms with Gasteiger partial charge in [0.2, 0.25) is 6.33 Å². The van der Waals surface area contributed by atoms with Gasteiger partial charge >= 0.3 is 0 Å². The molecule has 18 heavy (non-hydrogen) atoms. The number of rotatable bonds is 2. The molecule has 3 aromatic rings. The van der Waals surface area contributed by atoms with E-state index in [0.29, 0.717) is 23.0 Å². The van der Waals surface area contributed by atoms with Crippen LogP contribution in [0.15, 0.2) is 36.9 Å². The predicted octanol–water partition coefficient (Wildman–Crippen LogP) is 0.586. The van der Waals surface area contributed by atoms with Crippen LogP contribution in [0.5, 0.6) is 0 Å². The van der Waals surface area contributed by atoms with Crippen molar-refractivity contribution in [3.8, 4) is 23.0 Å². The van der Waals surface area contributed by atoms with Gasteiger partial charge in [-0.05, 0) is 12.1 Å². The molecule has 3 aromatic heterocycles. The van der Waals surface area contributed by atoms with E-state index in [1.165, 1.54) is 0 Å². The average molecular weight is 236 g/mol. The molecule has 1 radical (unpaired) electrons. The lowest BCUT2D eigenvalue weighted by molar-refractivity contribution is 0.980. The van der Waals surface area contributed by atoms with Gasteiger partial charge in [-0.15, -0.1) is 5.10 Å². The number of nitrogens with zero attached hydrogens (tertiary/aromatic N) is 7. The molecule has 0 atom stereocenters. The first-order chi connectivity index (χ1) is 8.93. The Balaban J connectivity index is 2.05. The highest BCUT2D eigenvalue weighted by Crippen LogP contribution is 2.13. The van der Waals surface area contributed by atoms with Gasteiger partial charge in [0, 0.05) is 18.6 Å². The minimum absolute atomic E-state index is 0.402. The van der Waals surface area contributed by atoms with Gasteiger partial charge < -0.3 is 0 Å². The Hall–Kier alpha value is -2.83. The minimum Gasteiger partial charge on any atom is -0.261 e. The highest BCUT2D eigenvalue weighted by molar-refractivity contribution is 5.53. The molecular formula is C11H6N7. The summed E-state index contributed by atoms with van der Waals surface area (Å²) in [6.07, 6.45) is 8.83. The van der Waals surface area contributed by atoms with Crippen LogP contribution in [0, 0.1) is 6.33 Å². The van der Waals surface area contributed by atoms with Crippen LogP contribution >= 0.6 is 0 Å². The van der Waals surface area contributed by atoms with E-state index in [1.807, 2.05) is 0 Å². The zero-order valence-corrected chi connectivity index (χ0v) is 9.09. The molecule has 0 unspecified atom stereocenters. The summed E-state index contributed by atoms with van der Waals surface area (Å²) in [6.45, 7) is 0. The monoisotopic (exact) mass is 236 g/mol. The summed E-state index contributed by atoms with van der Waals surface area (Å²) in [5.74, 6) is 0.803. The second kappa shape index (κ2) is 4.58. The molecule has 0 aliphatic carbocycles. The Morgan fingerprint density at radius 1 is 0.944 bits per heavy atom. The molecule has 3 heterocycles. The van der Waals surface area contributed by atoms with Gasteiger partial charge in [-0.2, -0.15) is 5.10 Å². The number of aromatic nitrogens is 7. The molecule has 0 fully saturated rings. The van der Waals surface area contributed by atoms with E-state index in [1.54, 1.807) is 36.9 Å². The fraction of sp³-hybridized carbons (Fsp3) is 0. The lowest BCUT2D eigenvalue weighted by atomic mass is 10.3. The van der Waals surface area contributed by atoms with E-state index in [4.69, 9.17) is 0 Å². The molecule has 0 amide bonds. The average Bonchev–Trinajstić information content (AvgIpc) is 2.49. The molecule has 7 nitrogen and oxygen atoms in total. The first kappa shape index (κ1) is 10.3. The molecule has 3 rings (SSSR count). The summed E-state index contributed by atoms with van der Waals surface area (Å²) in [7, 11) is 0. The van der Waals surface area contributed by atoms with Crippen molar-refractivity contribution in [2.45, 2.75) is 0 Å². The molecule has 0 aromatic carbocycles. The van der Waals surface area contributed by atoms with Crippen molar-refractivity contribution < 1.29 is 0 Å². The van der Waals surface area contributed by atoms with Crippen molar-refractivity contribution in [3.05, 3.63) is 43.2 Å². The summed E-state index contributed by atoms with van der Waals surface area (Å²) >= 11 is 0. The lowest BCUT2D eigenvalue weighted by Gasteiger charge is -2.00. The Bertz CT molecular complexity index is 587. The topological polar surface area (TPSA) is 90.2 Å². The quantitative estimate of drug-likeness (QED) is 0.642. The van der Waals surface area contributed by atoms with Gasteiger partial charge in [0.1, 0.15) is 11.4 Å². The SMILES string of the molecule is [c]1nc(-c2cnccn2)nc(-c2cccnn2)n1. The van der Waals surface area contributed by atoms with Crippen molar-refractivity contribution in [3.63, 3.8) is 0 Å². The van der Waals surface area contributed by atoms with Gasteiger partial charge in [-0.1, -0.05) is 0 Å². The molecule has 0 saturated carbocycles. The van der Waals surface area contributed by atoms with Crippen molar-refractivity contribution in [1.82, 2.24) is 35.1 Å². The van der Waals surface area contributed by atoms with Crippen molar-refractivity contribution >= 4 is 0 Å². The smallest absolute Gasteiger partial charge is 0.202 e. The zero-order chi connectivity index (χ0) is 12.2. The van der Waals surface area contributed by atoms with E-state index in [0.717, 1.165) is 0 Å². The van der Waals surface area contributed by atoms with Crippen LogP contribution in [0.25, 0.3) is 23.0 Å². The van der Waals surface area contributed by atoms with E-state index in [-0.39, 0.29) is 0 Å². The highest BCUT2D eigenvalue weighted by atomic mass is 15.1. The van der Waals surface area contributed by atoms with Gasteiger partial charge in [0.05, 0.1) is 6.20 Å². The van der Waals surface area contributed by atoms with Gasteiger partial charge in [-0.3, -0.25) is 4.98 Å². The molecule has 0 aliphatic heterocycles. The Kier molecular flexibility index (Phi) is 2.63. The number of hydrogen-bond acceptors (Lipinski definition) is 7. The predicted molar refractivity (Wildman–Crippen MR) is 60.7 cm³/mol. The van der Waals surface area contributed by atoms with Crippen molar-refractivity contribution in [2.75, 3.05) is 0 Å². The molecule has 0 aliphatic rings. The summed E-state index contributed by atoms with van der Waals surface area (Å²) in [4.78, 5) is 20.2. The second-order valence-corrected chi connectivity index (χ2v) is 3.28. The Morgan fingerprint density at radius 2 is 1.83 bits per heavy atom. The van der Waals surface area contributed by atoms with Crippen LogP contribution in [0.2, 0.25) is 0 Å². The fourth-order valence-electron chi connectivity index (χ4n) is 1.33. The molecular weight excluding hydrogens is 230 g/mol. The standard InChI is InChI=1S/C11H6N7/c1-2-8(18-16-3-1)10-14-7-15-11(17-10)9-6-12-4-5-13-9/h1-6H. The van der Waals surface area contributed by atoms with Crippen LogP contribution in [0.1, 0.15) is 0 Å². The second-order valence-electron chi connectivity index (χ2n) is 3.28. The molecule has 0 spiro atoms. The third-order valence-electron chi connectivity index (χ3n) is 2.12. The van der Waals surface area contributed by atoms with Crippen LogP contribution in [-0.2, 0) is 0 Å². The Labute approximate surface area is 102 Å². The van der Waals surface area contributed by atoms with E-state index < -0.39 is 0 Å². The van der Waals surface area contributed by atoms with Crippen molar-refractivity contribution in [2.24, 2.45) is 0 Å². The van der Waals surface area contributed by atoms with Gasteiger partial charge in [-0.25, -0.2) is 19.9 Å². The summed E-state index contributed by atoms with van der Waals surface area (Å²) < 4.78 is 0. The Morgan fingerprint density at radius 3 is 2.56 bits per heavy atom.